The summed E-state index contributed by atoms with van der Waals surface area (Å²) in [5.74, 6) is 0. The third kappa shape index (κ3) is 34.2. The molecule has 1 nitrogen and oxygen atoms in total. The second-order valence-electron chi connectivity index (χ2n) is 13.4. The van der Waals surface area contributed by atoms with Gasteiger partial charge in [0.2, 0.25) is 0 Å². The normalized spacial score (nSPS) is 11.7. The molecule has 0 aliphatic rings. The van der Waals surface area contributed by atoms with Gasteiger partial charge in [-0.15, -0.1) is 0 Å². The van der Waals surface area contributed by atoms with Crippen LogP contribution in [0.1, 0.15) is 233 Å². The lowest BCUT2D eigenvalue weighted by atomic mass is 10.0. The summed E-state index contributed by atoms with van der Waals surface area (Å²) in [6.07, 6.45) is 48.2. The number of nitrogens with zero attached hydrogens (tertiary/aromatic N) is 1. The summed E-state index contributed by atoms with van der Waals surface area (Å²) in [6.45, 7) is 11.0. The van der Waals surface area contributed by atoms with E-state index in [1.807, 2.05) is 0 Å². The fourth-order valence-corrected chi connectivity index (χ4v) is 6.42. The van der Waals surface area contributed by atoms with Crippen LogP contribution in [0.2, 0.25) is 0 Å². The van der Waals surface area contributed by atoms with Crippen LogP contribution in [0.4, 0.5) is 0 Å². The SMILES string of the molecule is CCCCCCCCCCCCCCCCCCN(CCC)CCCCCCCCCCCCCCCCCC. The van der Waals surface area contributed by atoms with E-state index in [0.717, 1.165) is 0 Å². The van der Waals surface area contributed by atoms with Crippen LogP contribution in [0, 0.1) is 0 Å². The molecular weight excluding hydrogens is 482 g/mol. The topological polar surface area (TPSA) is 3.24 Å². The molecule has 0 aromatic carbocycles. The van der Waals surface area contributed by atoms with Crippen LogP contribution in [0.15, 0.2) is 0 Å². The average Bonchev–Trinajstić information content (AvgIpc) is 2.96. The zero-order valence-corrected chi connectivity index (χ0v) is 28.9. The van der Waals surface area contributed by atoms with Gasteiger partial charge in [-0.2, -0.15) is 0 Å². The number of hydrogen-bond donors (Lipinski definition) is 0. The molecule has 0 radical (unpaired) electrons. The van der Waals surface area contributed by atoms with Crippen molar-refractivity contribution >= 4 is 0 Å². The van der Waals surface area contributed by atoms with Crippen LogP contribution in [0.3, 0.4) is 0 Å². The Labute approximate surface area is 256 Å². The molecule has 0 amide bonds. The molecule has 0 saturated heterocycles. The van der Waals surface area contributed by atoms with Crippen LogP contribution < -0.4 is 0 Å². The minimum atomic E-state index is 1.32. The highest BCUT2D eigenvalue weighted by atomic mass is 15.1. The van der Waals surface area contributed by atoms with Crippen molar-refractivity contribution in [2.24, 2.45) is 0 Å². The number of rotatable bonds is 36. The Morgan fingerprint density at radius 3 is 0.600 bits per heavy atom. The molecular formula is C39H81N. The maximum atomic E-state index is 2.77. The lowest BCUT2D eigenvalue weighted by molar-refractivity contribution is 0.260. The first kappa shape index (κ1) is 40.0. The van der Waals surface area contributed by atoms with Gasteiger partial charge in [-0.25, -0.2) is 0 Å². The van der Waals surface area contributed by atoms with E-state index >= 15 is 0 Å². The Kier molecular flexibility index (Phi) is 36.9. The maximum Gasteiger partial charge on any atom is -0.00187 e. The molecule has 0 N–H and O–H groups in total. The van der Waals surface area contributed by atoms with Gasteiger partial charge in [0.1, 0.15) is 0 Å². The van der Waals surface area contributed by atoms with E-state index in [1.165, 1.54) is 232 Å². The fraction of sp³-hybridized carbons (Fsp3) is 1.00. The van der Waals surface area contributed by atoms with Gasteiger partial charge in [0, 0.05) is 0 Å². The molecule has 0 rings (SSSR count). The molecule has 0 aromatic heterocycles. The third-order valence-electron chi connectivity index (χ3n) is 9.20. The molecule has 0 fully saturated rings. The molecule has 0 spiro atoms. The van der Waals surface area contributed by atoms with Crippen molar-refractivity contribution in [3.05, 3.63) is 0 Å². The van der Waals surface area contributed by atoms with Gasteiger partial charge < -0.3 is 4.90 Å². The Morgan fingerprint density at radius 2 is 0.400 bits per heavy atom. The summed E-state index contributed by atoms with van der Waals surface area (Å²) in [5.41, 5.74) is 0. The van der Waals surface area contributed by atoms with E-state index in [4.69, 9.17) is 0 Å². The Morgan fingerprint density at radius 1 is 0.200 bits per heavy atom. The van der Waals surface area contributed by atoms with Crippen molar-refractivity contribution in [1.29, 1.82) is 0 Å². The summed E-state index contributed by atoms with van der Waals surface area (Å²) in [4.78, 5) is 2.77. The van der Waals surface area contributed by atoms with E-state index in [-0.39, 0.29) is 0 Å². The van der Waals surface area contributed by atoms with Crippen LogP contribution in [0.5, 0.6) is 0 Å². The molecule has 0 atom stereocenters. The first-order valence-corrected chi connectivity index (χ1v) is 19.6. The molecule has 0 saturated carbocycles. The highest BCUT2D eigenvalue weighted by Crippen LogP contribution is 2.16. The molecule has 0 bridgehead atoms. The van der Waals surface area contributed by atoms with Crippen molar-refractivity contribution < 1.29 is 0 Å². The predicted octanol–water partition coefficient (Wildman–Crippen LogP) is 14.2. The first-order valence-electron chi connectivity index (χ1n) is 19.6. The molecule has 0 aliphatic carbocycles. The smallest absolute Gasteiger partial charge is 0.00187 e. The van der Waals surface area contributed by atoms with Gasteiger partial charge in [-0.05, 0) is 38.9 Å². The summed E-state index contributed by atoms with van der Waals surface area (Å²) in [7, 11) is 0. The first-order chi connectivity index (χ1) is 19.8. The lowest BCUT2D eigenvalue weighted by Gasteiger charge is -2.21. The Balaban J connectivity index is 3.35. The number of hydrogen-bond acceptors (Lipinski definition) is 1. The zero-order chi connectivity index (χ0) is 29.0. The van der Waals surface area contributed by atoms with Crippen LogP contribution in [-0.2, 0) is 0 Å². The molecule has 0 aliphatic heterocycles. The summed E-state index contributed by atoms with van der Waals surface area (Å²) >= 11 is 0. The van der Waals surface area contributed by atoms with Crippen LogP contribution in [-0.4, -0.2) is 24.5 Å². The predicted molar refractivity (Wildman–Crippen MR) is 186 cm³/mol. The van der Waals surface area contributed by atoms with Gasteiger partial charge in [0.25, 0.3) is 0 Å². The lowest BCUT2D eigenvalue weighted by Crippen LogP contribution is -2.27. The Bertz CT molecular complexity index is 383. The molecule has 0 aromatic rings. The molecule has 0 heterocycles. The third-order valence-corrected chi connectivity index (χ3v) is 9.20. The average molecular weight is 564 g/mol. The zero-order valence-electron chi connectivity index (χ0n) is 28.9. The van der Waals surface area contributed by atoms with Crippen LogP contribution in [0.25, 0.3) is 0 Å². The van der Waals surface area contributed by atoms with E-state index in [1.54, 1.807) is 0 Å². The van der Waals surface area contributed by atoms with E-state index in [2.05, 4.69) is 25.7 Å². The second-order valence-corrected chi connectivity index (χ2v) is 13.4. The monoisotopic (exact) mass is 564 g/mol. The maximum absolute atomic E-state index is 2.77. The largest absolute Gasteiger partial charge is 0.303 e. The van der Waals surface area contributed by atoms with Crippen molar-refractivity contribution in [2.45, 2.75) is 233 Å². The minimum Gasteiger partial charge on any atom is -0.303 e. The van der Waals surface area contributed by atoms with Crippen molar-refractivity contribution in [2.75, 3.05) is 19.6 Å². The fourth-order valence-electron chi connectivity index (χ4n) is 6.42. The van der Waals surface area contributed by atoms with E-state index in [0.29, 0.717) is 0 Å². The highest BCUT2D eigenvalue weighted by Gasteiger charge is 2.04. The minimum absolute atomic E-state index is 1.32. The van der Waals surface area contributed by atoms with Crippen molar-refractivity contribution in [1.82, 2.24) is 4.90 Å². The summed E-state index contributed by atoms with van der Waals surface area (Å²) < 4.78 is 0. The molecule has 1 heteroatoms. The molecule has 40 heavy (non-hydrogen) atoms. The molecule has 0 unspecified atom stereocenters. The van der Waals surface area contributed by atoms with E-state index < -0.39 is 0 Å². The van der Waals surface area contributed by atoms with Gasteiger partial charge in [0.15, 0.2) is 0 Å². The second kappa shape index (κ2) is 37.0. The highest BCUT2D eigenvalue weighted by molar-refractivity contribution is 4.59. The standard InChI is InChI=1S/C39H81N/c1-4-7-9-11-13-15-17-19-21-23-25-27-29-31-33-35-38-40(37-6-3)39-36-34-32-30-28-26-24-22-20-18-16-14-12-10-8-5-2/h4-39H2,1-3H3. The van der Waals surface area contributed by atoms with E-state index in [9.17, 15) is 0 Å². The summed E-state index contributed by atoms with van der Waals surface area (Å²) in [5, 5.41) is 0. The summed E-state index contributed by atoms with van der Waals surface area (Å²) in [6, 6.07) is 0. The van der Waals surface area contributed by atoms with Gasteiger partial charge in [0.05, 0.1) is 0 Å². The van der Waals surface area contributed by atoms with Gasteiger partial charge in [-0.3, -0.25) is 0 Å². The Hall–Kier alpha value is -0.0400. The molecule has 242 valence electrons. The quantitative estimate of drug-likeness (QED) is 0.0685. The van der Waals surface area contributed by atoms with Crippen LogP contribution >= 0.6 is 0 Å². The van der Waals surface area contributed by atoms with Gasteiger partial charge >= 0.3 is 0 Å². The number of unbranched alkanes of at least 4 members (excludes halogenated alkanes) is 30. The van der Waals surface area contributed by atoms with Crippen molar-refractivity contribution in [3.8, 4) is 0 Å². The van der Waals surface area contributed by atoms with Gasteiger partial charge in [-0.1, -0.05) is 213 Å². The van der Waals surface area contributed by atoms with Crippen molar-refractivity contribution in [3.63, 3.8) is 0 Å².